The van der Waals surface area contributed by atoms with Crippen LogP contribution in [-0.4, -0.2) is 17.6 Å². The van der Waals surface area contributed by atoms with Gasteiger partial charge in [-0.05, 0) is 61.1 Å². The summed E-state index contributed by atoms with van der Waals surface area (Å²) in [7, 11) is 0. The van der Waals surface area contributed by atoms with Crippen LogP contribution >= 0.6 is 0 Å². The van der Waals surface area contributed by atoms with Crippen molar-refractivity contribution in [1.82, 2.24) is 4.98 Å². The number of hydrogen-bond acceptors (Lipinski definition) is 3. The Hall–Kier alpha value is -2.16. The molecule has 0 amide bonds. The second kappa shape index (κ2) is 7.61. The molecule has 3 nitrogen and oxygen atoms in total. The first-order chi connectivity index (χ1) is 11.4. The molecule has 0 radical (unpaired) electrons. The molecule has 24 heavy (non-hydrogen) atoms. The second-order valence-corrected chi connectivity index (χ2v) is 7.06. The normalized spacial score (nSPS) is 26.4. The number of aromatic nitrogens is 1. The highest BCUT2D eigenvalue weighted by molar-refractivity contribution is 5.88. The molecular weight excluding hydrogens is 298 g/mol. The summed E-state index contributed by atoms with van der Waals surface area (Å²) in [4.78, 5) is 16.0. The van der Waals surface area contributed by atoms with Gasteiger partial charge >= 0.3 is 5.97 Å². The van der Waals surface area contributed by atoms with Crippen LogP contribution in [0.3, 0.4) is 0 Å². The summed E-state index contributed by atoms with van der Waals surface area (Å²) in [6.07, 6.45) is 8.28. The van der Waals surface area contributed by atoms with Crippen LogP contribution in [0.25, 0.3) is 0 Å². The van der Waals surface area contributed by atoms with E-state index in [0.29, 0.717) is 17.4 Å². The molecule has 1 aliphatic rings. The smallest absolute Gasteiger partial charge is 0.340 e. The number of ether oxygens (including phenoxy) is 1. The van der Waals surface area contributed by atoms with Gasteiger partial charge in [-0.1, -0.05) is 31.7 Å². The zero-order valence-electron chi connectivity index (χ0n) is 14.8. The van der Waals surface area contributed by atoms with Gasteiger partial charge in [0.1, 0.15) is 6.61 Å². The van der Waals surface area contributed by atoms with E-state index in [0.717, 1.165) is 24.8 Å². The Bertz CT molecular complexity index is 634. The van der Waals surface area contributed by atoms with Gasteiger partial charge in [0.05, 0.1) is 5.56 Å². The summed E-state index contributed by atoms with van der Waals surface area (Å²) in [6.45, 7) is 16.9. The van der Waals surface area contributed by atoms with Gasteiger partial charge in [-0.2, -0.15) is 0 Å². The number of hydrogen-bond donors (Lipinski definition) is 0. The maximum absolute atomic E-state index is 12.0. The molecule has 3 heteroatoms. The highest BCUT2D eigenvalue weighted by Gasteiger charge is 2.38. The molecule has 128 valence electrons. The lowest BCUT2D eigenvalue weighted by Crippen LogP contribution is -2.34. The maximum Gasteiger partial charge on any atom is 0.340 e. The Labute approximate surface area is 145 Å². The van der Waals surface area contributed by atoms with Gasteiger partial charge in [0.15, 0.2) is 0 Å². The molecule has 0 N–H and O–H groups in total. The Kier molecular flexibility index (Phi) is 5.76. The van der Waals surface area contributed by atoms with Crippen molar-refractivity contribution in [3.8, 4) is 0 Å². The second-order valence-electron chi connectivity index (χ2n) is 7.06. The van der Waals surface area contributed by atoms with Crippen molar-refractivity contribution in [1.29, 1.82) is 0 Å². The lowest BCUT2D eigenvalue weighted by molar-refractivity contribution is 0.0520. The van der Waals surface area contributed by atoms with Crippen LogP contribution < -0.4 is 0 Å². The summed E-state index contributed by atoms with van der Waals surface area (Å²) in [5, 5.41) is 0. The number of pyridine rings is 1. The minimum Gasteiger partial charge on any atom is -0.458 e. The molecule has 0 saturated heterocycles. The number of carbonyl (C=O) groups excluding carboxylic acids is 1. The summed E-state index contributed by atoms with van der Waals surface area (Å²) in [5.41, 5.74) is 2.72. The van der Waals surface area contributed by atoms with Crippen molar-refractivity contribution in [2.75, 3.05) is 6.61 Å². The SMILES string of the molecule is C=C[C@]1(C)CC[C@@H](C(=C)COC(=O)c2cccnc2)C[C@H]1C(=C)C. The minimum atomic E-state index is -0.354. The average molecular weight is 325 g/mol. The van der Waals surface area contributed by atoms with Crippen LogP contribution in [-0.2, 0) is 4.74 Å². The number of rotatable bonds is 6. The van der Waals surface area contributed by atoms with Crippen molar-refractivity contribution in [2.45, 2.75) is 33.1 Å². The lowest BCUT2D eigenvalue weighted by atomic mass is 9.61. The van der Waals surface area contributed by atoms with Crippen molar-refractivity contribution in [2.24, 2.45) is 17.3 Å². The number of esters is 1. The van der Waals surface area contributed by atoms with Crippen molar-refractivity contribution in [3.63, 3.8) is 0 Å². The van der Waals surface area contributed by atoms with E-state index in [2.05, 4.69) is 44.6 Å². The molecule has 0 bridgehead atoms. The third-order valence-electron chi connectivity index (χ3n) is 5.27. The molecule has 1 fully saturated rings. The van der Waals surface area contributed by atoms with Gasteiger partial charge in [-0.25, -0.2) is 4.79 Å². The molecule has 1 aromatic rings. The van der Waals surface area contributed by atoms with E-state index >= 15 is 0 Å². The van der Waals surface area contributed by atoms with E-state index in [9.17, 15) is 4.79 Å². The van der Waals surface area contributed by atoms with E-state index in [-0.39, 0.29) is 18.0 Å². The monoisotopic (exact) mass is 325 g/mol. The quantitative estimate of drug-likeness (QED) is 0.547. The van der Waals surface area contributed by atoms with Crippen LogP contribution in [0.2, 0.25) is 0 Å². The van der Waals surface area contributed by atoms with Gasteiger partial charge in [0, 0.05) is 12.4 Å². The molecule has 3 atom stereocenters. The van der Waals surface area contributed by atoms with E-state index < -0.39 is 0 Å². The zero-order chi connectivity index (χ0) is 17.7. The van der Waals surface area contributed by atoms with Gasteiger partial charge in [0.25, 0.3) is 0 Å². The van der Waals surface area contributed by atoms with Crippen LogP contribution in [0, 0.1) is 17.3 Å². The standard InChI is InChI=1S/C21H27NO2/c1-6-21(5)10-9-17(12-19(21)15(2)3)16(4)14-24-20(23)18-8-7-11-22-13-18/h6-8,11,13,17,19H,1-2,4,9-10,12,14H2,3,5H3/t17-,19+,21-/m1/s1. The van der Waals surface area contributed by atoms with Crippen LogP contribution in [0.5, 0.6) is 0 Å². The fourth-order valence-corrected chi connectivity index (χ4v) is 3.55. The Morgan fingerprint density at radius 2 is 2.25 bits per heavy atom. The number of carbonyl (C=O) groups is 1. The summed E-state index contributed by atoms with van der Waals surface area (Å²) >= 11 is 0. The van der Waals surface area contributed by atoms with E-state index in [1.54, 1.807) is 18.3 Å². The maximum atomic E-state index is 12.0. The first kappa shape index (κ1) is 18.2. The van der Waals surface area contributed by atoms with Crippen LogP contribution in [0.15, 0.2) is 61.5 Å². The summed E-state index contributed by atoms with van der Waals surface area (Å²) in [6, 6.07) is 3.42. The fourth-order valence-electron chi connectivity index (χ4n) is 3.55. The minimum absolute atomic E-state index is 0.0923. The van der Waals surface area contributed by atoms with Gasteiger partial charge in [-0.3, -0.25) is 4.98 Å². The highest BCUT2D eigenvalue weighted by Crippen LogP contribution is 2.48. The molecular formula is C21H27NO2. The van der Waals surface area contributed by atoms with Crippen molar-refractivity contribution >= 4 is 5.97 Å². The molecule has 0 unspecified atom stereocenters. The van der Waals surface area contributed by atoms with Gasteiger partial charge in [0.2, 0.25) is 0 Å². The Balaban J connectivity index is 1.95. The molecule has 2 rings (SSSR count). The topological polar surface area (TPSA) is 39.2 Å². The predicted molar refractivity (Wildman–Crippen MR) is 97.6 cm³/mol. The third kappa shape index (κ3) is 4.02. The van der Waals surface area contributed by atoms with Gasteiger partial charge in [-0.15, -0.1) is 6.58 Å². The Morgan fingerprint density at radius 1 is 1.50 bits per heavy atom. The molecule has 0 aliphatic heterocycles. The Morgan fingerprint density at radius 3 is 2.83 bits per heavy atom. The zero-order valence-corrected chi connectivity index (χ0v) is 14.8. The van der Waals surface area contributed by atoms with E-state index in [1.807, 2.05) is 0 Å². The fraction of sp³-hybridized carbons (Fsp3) is 0.429. The predicted octanol–water partition coefficient (Wildman–Crippen LogP) is 4.98. The van der Waals surface area contributed by atoms with Crippen LogP contribution in [0.1, 0.15) is 43.5 Å². The van der Waals surface area contributed by atoms with Crippen LogP contribution in [0.4, 0.5) is 0 Å². The molecule has 1 heterocycles. The molecule has 1 saturated carbocycles. The average Bonchev–Trinajstić information content (AvgIpc) is 2.60. The highest BCUT2D eigenvalue weighted by atomic mass is 16.5. The summed E-state index contributed by atoms with van der Waals surface area (Å²) < 4.78 is 5.40. The largest absolute Gasteiger partial charge is 0.458 e. The number of nitrogens with zero attached hydrogens (tertiary/aromatic N) is 1. The van der Waals surface area contributed by atoms with Crippen molar-refractivity contribution in [3.05, 3.63) is 67.0 Å². The van der Waals surface area contributed by atoms with Crippen molar-refractivity contribution < 1.29 is 9.53 Å². The van der Waals surface area contributed by atoms with Gasteiger partial charge < -0.3 is 4.74 Å². The molecule has 0 spiro atoms. The number of allylic oxidation sites excluding steroid dienone is 2. The first-order valence-electron chi connectivity index (χ1n) is 8.41. The van der Waals surface area contributed by atoms with E-state index in [4.69, 9.17) is 4.74 Å². The molecule has 0 aromatic carbocycles. The van der Waals surface area contributed by atoms with E-state index in [1.165, 1.54) is 11.8 Å². The molecule has 1 aromatic heterocycles. The summed E-state index contributed by atoms with van der Waals surface area (Å²) in [5.74, 6) is 0.383. The first-order valence-corrected chi connectivity index (χ1v) is 8.41. The third-order valence-corrected chi connectivity index (χ3v) is 5.27. The lowest BCUT2D eigenvalue weighted by Gasteiger charge is -2.43. The molecule has 1 aliphatic carbocycles.